The fraction of sp³-hybridized carbons (Fsp3) is 0.455. The molecule has 2 rings (SSSR count). The van der Waals surface area contributed by atoms with Crippen LogP contribution in [0.1, 0.15) is 24.0 Å². The standard InChI is InChI=1S/C11H11BrF3NO/c12-7-3-6(5-10(16)1-2-10)9(17)8(4-7)11(13,14)15/h3-4,17H,1-2,5,16H2. The second-order valence-electron chi connectivity index (χ2n) is 4.50. The van der Waals surface area contributed by atoms with Crippen molar-refractivity contribution < 1.29 is 18.3 Å². The van der Waals surface area contributed by atoms with Gasteiger partial charge < -0.3 is 10.8 Å². The smallest absolute Gasteiger partial charge is 0.420 e. The maximum Gasteiger partial charge on any atom is 0.420 e. The lowest BCUT2D eigenvalue weighted by molar-refractivity contribution is -0.138. The van der Waals surface area contributed by atoms with Crippen LogP contribution in [0.3, 0.4) is 0 Å². The first kappa shape index (κ1) is 12.7. The molecule has 0 atom stereocenters. The molecule has 3 N–H and O–H groups in total. The third-order valence-electron chi connectivity index (χ3n) is 2.89. The normalized spacial score (nSPS) is 18.2. The molecule has 0 aromatic heterocycles. The maximum atomic E-state index is 12.6. The van der Waals surface area contributed by atoms with Crippen LogP contribution in [0.4, 0.5) is 13.2 Å². The van der Waals surface area contributed by atoms with E-state index in [9.17, 15) is 18.3 Å². The van der Waals surface area contributed by atoms with E-state index >= 15 is 0 Å². The van der Waals surface area contributed by atoms with Crippen LogP contribution in [0, 0.1) is 0 Å². The Kier molecular flexibility index (Phi) is 2.90. The molecule has 0 bridgehead atoms. The van der Waals surface area contributed by atoms with Crippen molar-refractivity contribution in [1.29, 1.82) is 0 Å². The van der Waals surface area contributed by atoms with Crippen molar-refractivity contribution in [2.24, 2.45) is 5.73 Å². The van der Waals surface area contributed by atoms with Crippen LogP contribution in [-0.2, 0) is 12.6 Å². The predicted octanol–water partition coefficient (Wildman–Crippen LogP) is 3.21. The van der Waals surface area contributed by atoms with Crippen molar-refractivity contribution in [3.05, 3.63) is 27.7 Å². The molecular formula is C11H11BrF3NO. The van der Waals surface area contributed by atoms with Crippen LogP contribution in [0.25, 0.3) is 0 Å². The van der Waals surface area contributed by atoms with Crippen LogP contribution < -0.4 is 5.73 Å². The zero-order chi connectivity index (χ0) is 12.8. The number of hydrogen-bond donors (Lipinski definition) is 2. The van der Waals surface area contributed by atoms with E-state index in [-0.39, 0.29) is 12.0 Å². The van der Waals surface area contributed by atoms with Crippen LogP contribution in [-0.4, -0.2) is 10.6 Å². The van der Waals surface area contributed by atoms with Gasteiger partial charge in [0.05, 0.1) is 5.56 Å². The molecule has 1 aliphatic carbocycles. The van der Waals surface area contributed by atoms with Gasteiger partial charge in [0.25, 0.3) is 0 Å². The van der Waals surface area contributed by atoms with E-state index in [0.29, 0.717) is 4.47 Å². The first-order valence-electron chi connectivity index (χ1n) is 5.09. The summed E-state index contributed by atoms with van der Waals surface area (Å²) in [4.78, 5) is 0. The van der Waals surface area contributed by atoms with Gasteiger partial charge in [0.2, 0.25) is 0 Å². The molecule has 0 radical (unpaired) electrons. The van der Waals surface area contributed by atoms with Gasteiger partial charge in [-0.1, -0.05) is 15.9 Å². The number of halogens is 4. The average molecular weight is 310 g/mol. The van der Waals surface area contributed by atoms with E-state index in [4.69, 9.17) is 5.73 Å². The van der Waals surface area contributed by atoms with Crippen LogP contribution in [0.5, 0.6) is 5.75 Å². The lowest BCUT2D eigenvalue weighted by Crippen LogP contribution is -2.24. The minimum atomic E-state index is -4.56. The number of aromatic hydroxyl groups is 1. The summed E-state index contributed by atoms with van der Waals surface area (Å²) < 4.78 is 38.2. The first-order chi connectivity index (χ1) is 7.71. The molecule has 1 saturated carbocycles. The number of benzene rings is 1. The summed E-state index contributed by atoms with van der Waals surface area (Å²) >= 11 is 3.02. The predicted molar refractivity (Wildman–Crippen MR) is 60.7 cm³/mol. The topological polar surface area (TPSA) is 46.2 Å². The van der Waals surface area contributed by atoms with E-state index in [1.165, 1.54) is 6.07 Å². The van der Waals surface area contributed by atoms with Gasteiger partial charge >= 0.3 is 6.18 Å². The zero-order valence-electron chi connectivity index (χ0n) is 8.81. The monoisotopic (exact) mass is 309 g/mol. The second-order valence-corrected chi connectivity index (χ2v) is 5.41. The van der Waals surface area contributed by atoms with Gasteiger partial charge in [-0.25, -0.2) is 0 Å². The van der Waals surface area contributed by atoms with E-state index in [1.54, 1.807) is 0 Å². The summed E-state index contributed by atoms with van der Waals surface area (Å²) in [6.07, 6.45) is -2.74. The van der Waals surface area contributed by atoms with Crippen molar-refractivity contribution in [2.45, 2.75) is 31.0 Å². The second kappa shape index (κ2) is 3.88. The minimum absolute atomic E-state index is 0.242. The SMILES string of the molecule is NC1(Cc2cc(Br)cc(C(F)(F)F)c2O)CC1. The molecule has 6 heteroatoms. The van der Waals surface area contributed by atoms with Gasteiger partial charge in [-0.3, -0.25) is 0 Å². The third-order valence-corrected chi connectivity index (χ3v) is 3.35. The quantitative estimate of drug-likeness (QED) is 0.881. The molecule has 0 unspecified atom stereocenters. The van der Waals surface area contributed by atoms with Gasteiger partial charge in [-0.2, -0.15) is 13.2 Å². The molecule has 2 nitrogen and oxygen atoms in total. The van der Waals surface area contributed by atoms with E-state index in [2.05, 4.69) is 15.9 Å². The molecule has 0 saturated heterocycles. The molecule has 0 heterocycles. The Morgan fingerprint density at radius 1 is 1.35 bits per heavy atom. The molecule has 1 fully saturated rings. The van der Waals surface area contributed by atoms with Crippen molar-refractivity contribution in [3.63, 3.8) is 0 Å². The van der Waals surface area contributed by atoms with E-state index < -0.39 is 23.0 Å². The Balaban J connectivity index is 2.42. The Labute approximate surface area is 105 Å². The number of alkyl halides is 3. The van der Waals surface area contributed by atoms with Crippen molar-refractivity contribution in [1.82, 2.24) is 0 Å². The number of nitrogens with two attached hydrogens (primary N) is 1. The lowest BCUT2D eigenvalue weighted by atomic mass is 10.0. The summed E-state index contributed by atoms with van der Waals surface area (Å²) in [5.74, 6) is -0.711. The first-order valence-corrected chi connectivity index (χ1v) is 5.88. The number of phenols is 1. The van der Waals surface area contributed by atoms with Crippen molar-refractivity contribution in [2.75, 3.05) is 0 Å². The Morgan fingerprint density at radius 2 is 1.94 bits per heavy atom. The molecule has 1 aromatic carbocycles. The average Bonchev–Trinajstić information content (AvgIpc) is 2.87. The Bertz CT molecular complexity index is 455. The zero-order valence-corrected chi connectivity index (χ0v) is 10.4. The van der Waals surface area contributed by atoms with Gasteiger partial charge in [0, 0.05) is 10.0 Å². The number of rotatable bonds is 2. The highest BCUT2D eigenvalue weighted by Gasteiger charge is 2.41. The van der Waals surface area contributed by atoms with Gasteiger partial charge in [-0.15, -0.1) is 0 Å². The molecule has 0 amide bonds. The van der Waals surface area contributed by atoms with Gasteiger partial charge in [0.15, 0.2) is 0 Å². The third kappa shape index (κ3) is 2.74. The molecular weight excluding hydrogens is 299 g/mol. The van der Waals surface area contributed by atoms with Gasteiger partial charge in [-0.05, 0) is 37.0 Å². The Hall–Kier alpha value is -0.750. The summed E-state index contributed by atoms with van der Waals surface area (Å²) in [6, 6.07) is 2.35. The highest BCUT2D eigenvalue weighted by atomic mass is 79.9. The molecule has 0 spiro atoms. The molecule has 0 aliphatic heterocycles. The molecule has 1 aromatic rings. The van der Waals surface area contributed by atoms with Crippen LogP contribution >= 0.6 is 15.9 Å². The van der Waals surface area contributed by atoms with Gasteiger partial charge in [0.1, 0.15) is 5.75 Å². The van der Waals surface area contributed by atoms with E-state index in [1.807, 2.05) is 0 Å². The van der Waals surface area contributed by atoms with Crippen molar-refractivity contribution >= 4 is 15.9 Å². The molecule has 94 valence electrons. The maximum absolute atomic E-state index is 12.6. The lowest BCUT2D eigenvalue weighted by Gasteiger charge is -2.15. The fourth-order valence-corrected chi connectivity index (χ4v) is 2.23. The highest BCUT2D eigenvalue weighted by molar-refractivity contribution is 9.10. The summed E-state index contributed by atoms with van der Waals surface area (Å²) in [5.41, 5.74) is 4.63. The molecule has 17 heavy (non-hydrogen) atoms. The summed E-state index contributed by atoms with van der Waals surface area (Å²) in [5, 5.41) is 9.64. The fourth-order valence-electron chi connectivity index (χ4n) is 1.72. The van der Waals surface area contributed by atoms with Crippen LogP contribution in [0.2, 0.25) is 0 Å². The molecule has 1 aliphatic rings. The minimum Gasteiger partial charge on any atom is -0.507 e. The number of hydrogen-bond acceptors (Lipinski definition) is 2. The summed E-state index contributed by atoms with van der Waals surface area (Å²) in [7, 11) is 0. The van der Waals surface area contributed by atoms with E-state index in [0.717, 1.165) is 18.9 Å². The van der Waals surface area contributed by atoms with Crippen LogP contribution in [0.15, 0.2) is 16.6 Å². The largest absolute Gasteiger partial charge is 0.507 e. The van der Waals surface area contributed by atoms with Crippen molar-refractivity contribution in [3.8, 4) is 5.75 Å². The number of phenolic OH excluding ortho intramolecular Hbond substituents is 1. The summed E-state index contributed by atoms with van der Waals surface area (Å²) in [6.45, 7) is 0. The highest BCUT2D eigenvalue weighted by Crippen LogP contribution is 2.43. The Morgan fingerprint density at radius 3 is 2.41 bits per heavy atom.